The van der Waals surface area contributed by atoms with E-state index in [1.54, 1.807) is 0 Å². The second kappa shape index (κ2) is 7.71. The summed E-state index contributed by atoms with van der Waals surface area (Å²) in [7, 11) is 0. The van der Waals surface area contributed by atoms with Gasteiger partial charge in [0.15, 0.2) is 0 Å². The van der Waals surface area contributed by atoms with Gasteiger partial charge in [-0.15, -0.1) is 0 Å². The van der Waals surface area contributed by atoms with Crippen LogP contribution in [0.25, 0.3) is 0 Å². The van der Waals surface area contributed by atoms with Crippen molar-refractivity contribution in [3.63, 3.8) is 0 Å². The van der Waals surface area contributed by atoms with Crippen LogP contribution in [0.15, 0.2) is 23.0 Å². The molecule has 4 aliphatic carbocycles. The Morgan fingerprint density at radius 3 is 2.66 bits per heavy atom. The van der Waals surface area contributed by atoms with E-state index < -0.39 is 0 Å². The number of ether oxygens (including phenoxy) is 1. The predicted molar refractivity (Wildman–Crippen MR) is 117 cm³/mol. The molecule has 1 aromatic heterocycles. The first-order chi connectivity index (χ1) is 14.1. The van der Waals surface area contributed by atoms with Crippen LogP contribution in [0.3, 0.4) is 0 Å². The van der Waals surface area contributed by atoms with E-state index >= 15 is 0 Å². The smallest absolute Gasteiger partial charge is 0.0937 e. The highest BCUT2D eigenvalue weighted by Crippen LogP contribution is 2.69. The van der Waals surface area contributed by atoms with Crippen LogP contribution in [0.5, 0.6) is 0 Å². The fraction of sp³-hybridized carbons (Fsp3) is 0.846. The first-order valence-corrected chi connectivity index (χ1v) is 12.4. The van der Waals surface area contributed by atoms with Crippen molar-refractivity contribution in [3.8, 4) is 0 Å². The minimum atomic E-state index is 0.483. The van der Waals surface area contributed by atoms with Gasteiger partial charge in [0.25, 0.3) is 0 Å². The van der Waals surface area contributed by atoms with Gasteiger partial charge < -0.3 is 14.9 Å². The van der Waals surface area contributed by atoms with Crippen molar-refractivity contribution >= 4 is 0 Å². The van der Waals surface area contributed by atoms with Crippen LogP contribution in [-0.4, -0.2) is 19.3 Å². The van der Waals surface area contributed by atoms with E-state index in [1.165, 1.54) is 63.4 Å². The van der Waals surface area contributed by atoms with Gasteiger partial charge in [0.05, 0.1) is 18.6 Å². The van der Waals surface area contributed by atoms with Crippen LogP contribution < -0.4 is 5.73 Å². The molecule has 4 fully saturated rings. The predicted octanol–water partition coefficient (Wildman–Crippen LogP) is 6.14. The van der Waals surface area contributed by atoms with Crippen molar-refractivity contribution in [1.29, 1.82) is 0 Å². The Morgan fingerprint density at radius 2 is 1.86 bits per heavy atom. The molecule has 4 aliphatic rings. The first kappa shape index (κ1) is 20.1. The molecule has 3 nitrogen and oxygen atoms in total. The summed E-state index contributed by atoms with van der Waals surface area (Å²) in [6.07, 6.45) is 17.8. The fourth-order valence-electron chi connectivity index (χ4n) is 8.72. The molecule has 162 valence electrons. The lowest BCUT2D eigenvalue weighted by molar-refractivity contribution is -0.131. The van der Waals surface area contributed by atoms with Crippen molar-refractivity contribution < 1.29 is 9.15 Å². The number of nitrogens with two attached hydrogens (primary N) is 1. The Kier molecular flexibility index (Phi) is 5.35. The molecular formula is C26H41NO2. The number of rotatable bonds is 5. The van der Waals surface area contributed by atoms with Crippen molar-refractivity contribution in [3.05, 3.63) is 24.2 Å². The molecule has 8 atom stereocenters. The Hall–Kier alpha value is -0.800. The van der Waals surface area contributed by atoms with Crippen molar-refractivity contribution in [1.82, 2.24) is 0 Å². The average molecular weight is 400 g/mol. The normalized spacial score (nSPS) is 46.7. The average Bonchev–Trinajstić information content (AvgIpc) is 3.35. The number of hydrogen-bond donors (Lipinski definition) is 1. The monoisotopic (exact) mass is 399 g/mol. The maximum atomic E-state index is 6.21. The largest absolute Gasteiger partial charge is 0.472 e. The standard InChI is InChI=1S/C26H41NO2/c1-25-11-8-20(29-14-3-13-27)16-19(25)4-5-21-23-7-6-22(18-10-15-28-17-18)26(23,2)12-9-24(21)25/h10,15,17,19-24H,3-9,11-14,16,27H2,1-2H3/t19-,20+,21+,22-,23-,24+,25+,26-/m1/s1. The number of hydrogen-bond acceptors (Lipinski definition) is 3. The van der Waals surface area contributed by atoms with Crippen LogP contribution in [0, 0.1) is 34.5 Å². The molecule has 0 aliphatic heterocycles. The zero-order valence-corrected chi connectivity index (χ0v) is 18.6. The summed E-state index contributed by atoms with van der Waals surface area (Å²) < 4.78 is 11.7. The van der Waals surface area contributed by atoms with Crippen LogP contribution in [-0.2, 0) is 4.74 Å². The van der Waals surface area contributed by atoms with Crippen LogP contribution in [0.1, 0.15) is 89.5 Å². The van der Waals surface area contributed by atoms with E-state index in [4.69, 9.17) is 14.9 Å². The van der Waals surface area contributed by atoms with E-state index in [2.05, 4.69) is 19.9 Å². The Bertz CT molecular complexity index is 687. The third kappa shape index (κ3) is 3.22. The second-order valence-electron chi connectivity index (χ2n) is 11.3. The minimum Gasteiger partial charge on any atom is -0.472 e. The lowest BCUT2D eigenvalue weighted by Crippen LogP contribution is -2.53. The van der Waals surface area contributed by atoms with Crippen molar-refractivity contribution in [2.75, 3.05) is 13.2 Å². The summed E-state index contributed by atoms with van der Waals surface area (Å²) in [5.74, 6) is 4.38. The molecule has 0 amide bonds. The lowest BCUT2D eigenvalue weighted by atomic mass is 9.44. The van der Waals surface area contributed by atoms with E-state index in [1.807, 2.05) is 12.5 Å². The first-order valence-electron chi connectivity index (χ1n) is 12.4. The summed E-state index contributed by atoms with van der Waals surface area (Å²) in [5.41, 5.74) is 8.15. The van der Waals surface area contributed by atoms with Gasteiger partial charge in [-0.3, -0.25) is 0 Å². The van der Waals surface area contributed by atoms with Gasteiger partial charge in [-0.2, -0.15) is 0 Å². The van der Waals surface area contributed by atoms with Gasteiger partial charge in [-0.25, -0.2) is 0 Å². The van der Waals surface area contributed by atoms with Crippen molar-refractivity contribution in [2.24, 2.45) is 40.2 Å². The zero-order chi connectivity index (χ0) is 20.1. The van der Waals surface area contributed by atoms with Gasteiger partial charge >= 0.3 is 0 Å². The summed E-state index contributed by atoms with van der Waals surface area (Å²) in [6.45, 7) is 6.88. The van der Waals surface area contributed by atoms with Gasteiger partial charge in [0.2, 0.25) is 0 Å². The molecule has 0 bridgehead atoms. The fourth-order valence-corrected chi connectivity index (χ4v) is 8.72. The van der Waals surface area contributed by atoms with E-state index in [0.29, 0.717) is 22.9 Å². The Balaban J connectivity index is 1.31. The molecule has 3 heteroatoms. The van der Waals surface area contributed by atoms with Gasteiger partial charge in [-0.05, 0) is 123 Å². The van der Waals surface area contributed by atoms with E-state index in [9.17, 15) is 0 Å². The second-order valence-corrected chi connectivity index (χ2v) is 11.3. The minimum absolute atomic E-state index is 0.483. The summed E-state index contributed by atoms with van der Waals surface area (Å²) in [4.78, 5) is 0. The maximum absolute atomic E-state index is 6.21. The number of furan rings is 1. The molecule has 1 heterocycles. The third-order valence-corrected chi connectivity index (χ3v) is 10.3. The molecule has 5 rings (SSSR count). The van der Waals surface area contributed by atoms with Gasteiger partial charge in [0, 0.05) is 6.61 Å². The SMILES string of the molecule is C[C@]12CC[C@H](OCCCN)C[C@H]1CC[C@H]1[C@H]3CC[C@H](c4ccoc4)[C@@]3(C)CC[C@@H]12. The summed E-state index contributed by atoms with van der Waals surface area (Å²) in [5, 5.41) is 0. The highest BCUT2D eigenvalue weighted by molar-refractivity contribution is 5.22. The molecule has 0 radical (unpaired) electrons. The maximum Gasteiger partial charge on any atom is 0.0937 e. The van der Waals surface area contributed by atoms with Crippen LogP contribution in [0.4, 0.5) is 0 Å². The van der Waals surface area contributed by atoms with Crippen LogP contribution in [0.2, 0.25) is 0 Å². The Labute approximate surface area is 177 Å². The van der Waals surface area contributed by atoms with E-state index in [-0.39, 0.29) is 0 Å². The summed E-state index contributed by atoms with van der Waals surface area (Å²) in [6, 6.07) is 2.23. The highest BCUT2D eigenvalue weighted by atomic mass is 16.5. The molecule has 0 aromatic carbocycles. The lowest BCUT2D eigenvalue weighted by Gasteiger charge is -2.61. The van der Waals surface area contributed by atoms with Crippen LogP contribution >= 0.6 is 0 Å². The quantitative estimate of drug-likeness (QED) is 0.605. The zero-order valence-electron chi connectivity index (χ0n) is 18.6. The summed E-state index contributed by atoms with van der Waals surface area (Å²) >= 11 is 0. The molecule has 0 unspecified atom stereocenters. The van der Waals surface area contributed by atoms with Crippen molar-refractivity contribution in [2.45, 2.75) is 90.1 Å². The molecule has 2 N–H and O–H groups in total. The van der Waals surface area contributed by atoms with Gasteiger partial charge in [0.1, 0.15) is 0 Å². The Morgan fingerprint density at radius 1 is 1.03 bits per heavy atom. The topological polar surface area (TPSA) is 48.4 Å². The molecule has 4 saturated carbocycles. The third-order valence-electron chi connectivity index (χ3n) is 10.3. The van der Waals surface area contributed by atoms with E-state index in [0.717, 1.165) is 43.2 Å². The molecule has 1 aromatic rings. The molecular weight excluding hydrogens is 358 g/mol. The number of fused-ring (bicyclic) bond motifs is 5. The molecule has 29 heavy (non-hydrogen) atoms. The molecule has 0 saturated heterocycles. The highest BCUT2D eigenvalue weighted by Gasteiger charge is 2.60. The van der Waals surface area contributed by atoms with Gasteiger partial charge in [-0.1, -0.05) is 13.8 Å². The molecule has 0 spiro atoms.